The van der Waals surface area contributed by atoms with Crippen LogP contribution in [0.25, 0.3) is 11.8 Å². The van der Waals surface area contributed by atoms with Gasteiger partial charge in [-0.2, -0.15) is 23.7 Å². The maximum atomic E-state index is 13.1. The third kappa shape index (κ3) is 4.36. The number of halogens is 4. The highest BCUT2D eigenvalue weighted by Crippen LogP contribution is 2.36. The van der Waals surface area contributed by atoms with Crippen LogP contribution in [0.2, 0.25) is 5.02 Å². The summed E-state index contributed by atoms with van der Waals surface area (Å²) in [4.78, 5) is 11.8. The standard InChI is InChI=1S/C19H13ClF3N3O2/c1-11-7-13(8-14(10-25)18(27)28-6-5-24)12(2)26(11)15-3-4-17(20)16(9-15)19(21,22)23/h3-4,7-9H,6H2,1-2H3/b14-8+. The van der Waals surface area contributed by atoms with Gasteiger partial charge in [-0.15, -0.1) is 0 Å². The molecule has 0 aliphatic carbocycles. The average Bonchev–Trinajstić information content (AvgIpc) is 2.90. The van der Waals surface area contributed by atoms with Gasteiger partial charge in [-0.3, -0.25) is 0 Å². The van der Waals surface area contributed by atoms with Gasteiger partial charge in [0.1, 0.15) is 17.7 Å². The molecule has 9 heteroatoms. The zero-order chi connectivity index (χ0) is 21.1. The van der Waals surface area contributed by atoms with Crippen LogP contribution in [0.4, 0.5) is 13.2 Å². The van der Waals surface area contributed by atoms with Crippen LogP contribution in [0.15, 0.2) is 29.8 Å². The second-order valence-electron chi connectivity index (χ2n) is 5.73. The lowest BCUT2D eigenvalue weighted by Crippen LogP contribution is -2.08. The average molecular weight is 408 g/mol. The van der Waals surface area contributed by atoms with E-state index in [4.69, 9.17) is 22.1 Å². The minimum absolute atomic E-state index is 0.233. The molecule has 0 aliphatic heterocycles. The molecule has 0 spiro atoms. The molecule has 0 fully saturated rings. The highest BCUT2D eigenvalue weighted by Gasteiger charge is 2.33. The van der Waals surface area contributed by atoms with Gasteiger partial charge in [-0.1, -0.05) is 11.6 Å². The number of nitriles is 2. The zero-order valence-corrected chi connectivity index (χ0v) is 15.5. The van der Waals surface area contributed by atoms with Gasteiger partial charge in [0.25, 0.3) is 0 Å². The van der Waals surface area contributed by atoms with Gasteiger partial charge >= 0.3 is 12.1 Å². The van der Waals surface area contributed by atoms with Crippen LogP contribution in [-0.4, -0.2) is 17.1 Å². The van der Waals surface area contributed by atoms with Gasteiger partial charge < -0.3 is 9.30 Å². The number of esters is 1. The molecule has 0 saturated carbocycles. The Bertz CT molecular complexity index is 1040. The Labute approximate surface area is 163 Å². The largest absolute Gasteiger partial charge is 0.446 e. The summed E-state index contributed by atoms with van der Waals surface area (Å²) in [6, 6.07) is 8.47. The van der Waals surface area contributed by atoms with Crippen molar-refractivity contribution in [1.29, 1.82) is 10.5 Å². The first kappa shape index (κ1) is 21.1. The number of carbonyl (C=O) groups excluding carboxylic acids is 1. The Morgan fingerprint density at radius 3 is 2.54 bits per heavy atom. The van der Waals surface area contributed by atoms with Crippen LogP contribution in [0.1, 0.15) is 22.5 Å². The molecular formula is C19H13ClF3N3O2. The molecule has 1 aromatic heterocycles. The second-order valence-corrected chi connectivity index (χ2v) is 6.14. The van der Waals surface area contributed by atoms with E-state index >= 15 is 0 Å². The summed E-state index contributed by atoms with van der Waals surface area (Å²) in [5.41, 5.74) is 0.482. The first-order chi connectivity index (χ1) is 13.1. The van der Waals surface area contributed by atoms with Crippen molar-refractivity contribution in [2.75, 3.05) is 6.61 Å². The van der Waals surface area contributed by atoms with E-state index < -0.39 is 29.3 Å². The lowest BCUT2D eigenvalue weighted by atomic mass is 10.1. The number of hydrogen-bond donors (Lipinski definition) is 0. The van der Waals surface area contributed by atoms with Crippen LogP contribution >= 0.6 is 11.6 Å². The number of nitrogens with zero attached hydrogens (tertiary/aromatic N) is 3. The molecule has 0 radical (unpaired) electrons. The summed E-state index contributed by atoms with van der Waals surface area (Å²) in [5.74, 6) is -0.959. The van der Waals surface area contributed by atoms with Gasteiger partial charge in [-0.25, -0.2) is 4.79 Å². The van der Waals surface area contributed by atoms with Crippen molar-refractivity contribution in [3.8, 4) is 17.8 Å². The molecule has 2 rings (SSSR count). The number of carbonyl (C=O) groups is 1. The Morgan fingerprint density at radius 1 is 1.29 bits per heavy atom. The number of ether oxygens (including phenoxy) is 1. The van der Waals surface area contributed by atoms with Crippen molar-refractivity contribution in [3.63, 3.8) is 0 Å². The number of alkyl halides is 3. The van der Waals surface area contributed by atoms with E-state index in [-0.39, 0.29) is 11.3 Å². The van der Waals surface area contributed by atoms with E-state index in [1.165, 1.54) is 12.1 Å². The van der Waals surface area contributed by atoms with E-state index in [2.05, 4.69) is 4.74 Å². The smallest absolute Gasteiger partial charge is 0.417 e. The maximum Gasteiger partial charge on any atom is 0.417 e. The van der Waals surface area contributed by atoms with Crippen LogP contribution in [0, 0.1) is 36.5 Å². The molecule has 0 atom stereocenters. The number of rotatable bonds is 4. The van der Waals surface area contributed by atoms with Crippen molar-refractivity contribution < 1.29 is 22.7 Å². The molecule has 1 aromatic carbocycles. The van der Waals surface area contributed by atoms with Gasteiger partial charge in [0.15, 0.2) is 6.61 Å². The molecule has 2 aromatic rings. The minimum atomic E-state index is -4.61. The van der Waals surface area contributed by atoms with Crippen molar-refractivity contribution >= 4 is 23.6 Å². The maximum absolute atomic E-state index is 13.1. The quantitative estimate of drug-likeness (QED) is 0.416. The molecule has 144 valence electrons. The molecule has 0 aliphatic rings. The SMILES string of the molecule is Cc1cc(/C=C(\C#N)C(=O)OCC#N)c(C)n1-c1ccc(Cl)c(C(F)(F)F)c1. The van der Waals surface area contributed by atoms with Crippen molar-refractivity contribution in [1.82, 2.24) is 4.57 Å². The number of benzene rings is 1. The fourth-order valence-electron chi connectivity index (χ4n) is 2.67. The fourth-order valence-corrected chi connectivity index (χ4v) is 2.89. The molecule has 28 heavy (non-hydrogen) atoms. The molecule has 0 amide bonds. The van der Waals surface area contributed by atoms with Gasteiger partial charge in [0.05, 0.1) is 10.6 Å². The van der Waals surface area contributed by atoms with Gasteiger partial charge in [-0.05, 0) is 49.8 Å². The monoisotopic (exact) mass is 407 g/mol. The first-order valence-corrected chi connectivity index (χ1v) is 8.20. The van der Waals surface area contributed by atoms with E-state index in [0.717, 1.165) is 12.1 Å². The van der Waals surface area contributed by atoms with Crippen LogP contribution < -0.4 is 0 Å². The summed E-state index contributed by atoms with van der Waals surface area (Å²) < 4.78 is 45.6. The Hall–Kier alpha value is -3.23. The fraction of sp³-hybridized carbons (Fsp3) is 0.211. The summed E-state index contributed by atoms with van der Waals surface area (Å²) in [5, 5.41) is 17.2. The Morgan fingerprint density at radius 2 is 1.96 bits per heavy atom. The molecule has 0 bridgehead atoms. The third-order valence-electron chi connectivity index (χ3n) is 3.89. The molecule has 5 nitrogen and oxygen atoms in total. The number of hydrogen-bond acceptors (Lipinski definition) is 4. The number of aryl methyl sites for hydroxylation is 1. The topological polar surface area (TPSA) is 78.8 Å². The van der Waals surface area contributed by atoms with E-state index in [9.17, 15) is 18.0 Å². The van der Waals surface area contributed by atoms with Gasteiger partial charge in [0.2, 0.25) is 0 Å². The molecule has 0 saturated heterocycles. The van der Waals surface area contributed by atoms with Gasteiger partial charge in [0, 0.05) is 17.1 Å². The lowest BCUT2D eigenvalue weighted by Gasteiger charge is -2.14. The lowest BCUT2D eigenvalue weighted by molar-refractivity contribution is -0.138. The summed E-state index contributed by atoms with van der Waals surface area (Å²) in [6.07, 6.45) is -3.34. The molecule has 0 unspecified atom stereocenters. The van der Waals surface area contributed by atoms with Crippen molar-refractivity contribution in [2.24, 2.45) is 0 Å². The summed E-state index contributed by atoms with van der Waals surface area (Å²) in [6.45, 7) is 2.81. The predicted molar refractivity (Wildman–Crippen MR) is 95.4 cm³/mol. The molecule has 0 N–H and O–H groups in total. The van der Waals surface area contributed by atoms with Crippen LogP contribution in [-0.2, 0) is 15.7 Å². The Kier molecular flexibility index (Phi) is 6.17. The van der Waals surface area contributed by atoms with E-state index in [0.29, 0.717) is 17.0 Å². The highest BCUT2D eigenvalue weighted by atomic mass is 35.5. The second kappa shape index (κ2) is 8.20. The highest BCUT2D eigenvalue weighted by molar-refractivity contribution is 6.31. The van der Waals surface area contributed by atoms with Crippen molar-refractivity contribution in [2.45, 2.75) is 20.0 Å². The summed E-state index contributed by atoms with van der Waals surface area (Å²) >= 11 is 5.67. The number of aromatic nitrogens is 1. The minimum Gasteiger partial charge on any atom is -0.446 e. The van der Waals surface area contributed by atoms with Crippen molar-refractivity contribution in [3.05, 3.63) is 57.4 Å². The first-order valence-electron chi connectivity index (χ1n) is 7.82. The van der Waals surface area contributed by atoms with E-state index in [1.807, 2.05) is 0 Å². The normalized spacial score (nSPS) is 11.6. The Balaban J connectivity index is 2.54. The molecular weight excluding hydrogens is 395 g/mol. The summed E-state index contributed by atoms with van der Waals surface area (Å²) in [7, 11) is 0. The molecule has 1 heterocycles. The zero-order valence-electron chi connectivity index (χ0n) is 14.8. The predicted octanol–water partition coefficient (Wildman–Crippen LogP) is 4.74. The van der Waals surface area contributed by atoms with E-state index in [1.54, 1.807) is 36.6 Å². The van der Waals surface area contributed by atoms with Crippen LogP contribution in [0.5, 0.6) is 0 Å². The van der Waals surface area contributed by atoms with Crippen LogP contribution in [0.3, 0.4) is 0 Å². The third-order valence-corrected chi connectivity index (χ3v) is 4.22.